The number of likely N-dealkylation sites (N-methyl/N-ethyl adjacent to an activating group) is 1. The van der Waals surface area contributed by atoms with Gasteiger partial charge in [0.25, 0.3) is 7.82 Å². The van der Waals surface area contributed by atoms with E-state index in [0.29, 0.717) is 17.4 Å². The van der Waals surface area contributed by atoms with Crippen LogP contribution in [-0.4, -0.2) is 70.0 Å². The lowest BCUT2D eigenvalue weighted by Crippen LogP contribution is -2.37. The van der Waals surface area contributed by atoms with Gasteiger partial charge in [-0.2, -0.15) is 0 Å². The van der Waals surface area contributed by atoms with Crippen molar-refractivity contribution in [3.63, 3.8) is 0 Å². The minimum atomic E-state index is -4.64. The predicted molar refractivity (Wildman–Crippen MR) is 407 cm³/mol. The van der Waals surface area contributed by atoms with Gasteiger partial charge in [-0.05, 0) is 44.9 Å². The summed E-state index contributed by atoms with van der Waals surface area (Å²) in [6.45, 7) is 4.33. The highest BCUT2D eigenvalue weighted by molar-refractivity contribution is 7.45. The van der Waals surface area contributed by atoms with Crippen molar-refractivity contribution in [2.45, 2.75) is 457 Å². The molecule has 0 spiro atoms. The number of rotatable bonds is 80. The van der Waals surface area contributed by atoms with E-state index >= 15 is 0 Å². The molecule has 0 aromatic carbocycles. The average molecular weight is 1350 g/mol. The molecule has 2 atom stereocenters. The minimum Gasteiger partial charge on any atom is -0.756 e. The van der Waals surface area contributed by atoms with Gasteiger partial charge in [-0.25, -0.2) is 0 Å². The molecule has 10 heteroatoms. The van der Waals surface area contributed by atoms with E-state index in [2.05, 4.69) is 38.2 Å². The van der Waals surface area contributed by atoms with Crippen LogP contribution in [0.3, 0.4) is 0 Å². The summed E-state index contributed by atoms with van der Waals surface area (Å²) in [6.07, 6.45) is 97.6. The van der Waals surface area contributed by atoms with E-state index in [1.54, 1.807) is 0 Å². The van der Waals surface area contributed by atoms with Gasteiger partial charge < -0.3 is 27.9 Å². The molecule has 0 aliphatic heterocycles. The highest BCUT2D eigenvalue weighted by atomic mass is 31.2. The zero-order chi connectivity index (χ0) is 68.3. The third kappa shape index (κ3) is 79.5. The third-order valence-corrected chi connectivity index (χ3v) is 20.4. The van der Waals surface area contributed by atoms with Crippen LogP contribution in [-0.2, 0) is 32.7 Å². The van der Waals surface area contributed by atoms with E-state index in [1.807, 2.05) is 21.1 Å². The lowest BCUT2D eigenvalue weighted by atomic mass is 10.0. The first-order valence-corrected chi connectivity index (χ1v) is 43.5. The van der Waals surface area contributed by atoms with Crippen LogP contribution in [0.4, 0.5) is 0 Å². The SMILES string of the molecule is CCCCCCC/C=C\C/C=C\CCCCCCCCCCCCCCCCCCCCCCCC(=O)OC(COC(=O)CCCCCCCCCCCCCCCCCCCCCCCCCCCCCCCCCCCCCCC)COP(=O)([O-])OCC[N+](C)(C)C. The number of allylic oxidation sites excluding steroid dienone is 4. The number of phosphoric acid groups is 1. The second-order valence-electron chi connectivity index (χ2n) is 30.2. The smallest absolute Gasteiger partial charge is 0.306 e. The van der Waals surface area contributed by atoms with Crippen molar-refractivity contribution in [2.24, 2.45) is 0 Å². The predicted octanol–water partition coefficient (Wildman–Crippen LogP) is 27.3. The molecular weight excluding hydrogens is 1180 g/mol. The van der Waals surface area contributed by atoms with Crippen LogP contribution in [0.15, 0.2) is 24.3 Å². The van der Waals surface area contributed by atoms with E-state index in [-0.39, 0.29) is 32.0 Å². The molecule has 0 heterocycles. The quantitative estimate of drug-likeness (QED) is 0.0195. The second kappa shape index (κ2) is 75.7. The Bertz CT molecular complexity index is 1630. The fourth-order valence-electron chi connectivity index (χ4n) is 13.0. The minimum absolute atomic E-state index is 0.0263. The zero-order valence-electron chi connectivity index (χ0n) is 64.0. The highest BCUT2D eigenvalue weighted by Gasteiger charge is 2.22. The number of hydrogen-bond acceptors (Lipinski definition) is 8. The summed E-state index contributed by atoms with van der Waals surface area (Å²) in [7, 11) is 1.20. The van der Waals surface area contributed by atoms with Crippen LogP contribution in [0.25, 0.3) is 0 Å². The number of hydrogen-bond donors (Lipinski definition) is 0. The van der Waals surface area contributed by atoms with Crippen LogP contribution >= 0.6 is 7.82 Å². The van der Waals surface area contributed by atoms with Crippen molar-refractivity contribution in [1.82, 2.24) is 0 Å². The van der Waals surface area contributed by atoms with Crippen molar-refractivity contribution in [3.8, 4) is 0 Å². The molecule has 0 aromatic heterocycles. The molecule has 0 rings (SSSR count). The van der Waals surface area contributed by atoms with E-state index < -0.39 is 26.5 Å². The standard InChI is InChI=1S/C84H164NO8P/c1-6-8-10-12-14-16-18-20-22-24-26-28-30-32-34-36-38-40-41-42-43-45-46-48-50-52-54-56-58-60-62-64-66-68-70-72-74-76-83(86)90-80-82(81-92-94(88,89)91-79-78-85(3,4)5)93-84(87)77-75-73-71-69-67-65-63-61-59-57-55-53-51-49-47-44-39-37-35-33-31-29-27-25-23-21-19-17-15-13-11-9-7-2/h19,21,25,27,82H,6-18,20,22-24,26,28-81H2,1-5H3/b21-19-,27-25-. The van der Waals surface area contributed by atoms with Crippen LogP contribution in [0, 0.1) is 0 Å². The summed E-state index contributed by atoms with van der Waals surface area (Å²) in [5, 5.41) is 0. The van der Waals surface area contributed by atoms with Gasteiger partial charge >= 0.3 is 11.9 Å². The molecule has 0 radical (unpaired) electrons. The Kier molecular flexibility index (Phi) is 74.5. The molecule has 2 unspecified atom stereocenters. The monoisotopic (exact) mass is 1350 g/mol. The molecule has 0 saturated heterocycles. The van der Waals surface area contributed by atoms with Gasteiger partial charge in [0, 0.05) is 12.8 Å². The largest absolute Gasteiger partial charge is 0.756 e. The van der Waals surface area contributed by atoms with Gasteiger partial charge in [0.1, 0.15) is 19.8 Å². The summed E-state index contributed by atoms with van der Waals surface area (Å²) in [6, 6.07) is 0. The number of phosphoric ester groups is 1. The molecule has 558 valence electrons. The molecule has 0 aliphatic rings. The summed E-state index contributed by atoms with van der Waals surface area (Å²) in [4.78, 5) is 38.2. The summed E-state index contributed by atoms with van der Waals surface area (Å²) < 4.78 is 34.5. The van der Waals surface area contributed by atoms with E-state index in [4.69, 9.17) is 18.5 Å². The number of esters is 2. The number of quaternary nitrogens is 1. The number of ether oxygens (including phenoxy) is 2. The maximum absolute atomic E-state index is 12.9. The molecule has 9 nitrogen and oxygen atoms in total. The summed E-state index contributed by atoms with van der Waals surface area (Å²) in [5.41, 5.74) is 0. The van der Waals surface area contributed by atoms with Gasteiger partial charge in [-0.15, -0.1) is 0 Å². The lowest BCUT2D eigenvalue weighted by molar-refractivity contribution is -0.870. The van der Waals surface area contributed by atoms with Crippen LogP contribution < -0.4 is 4.89 Å². The molecular formula is C84H164NO8P. The van der Waals surface area contributed by atoms with Crippen molar-refractivity contribution in [2.75, 3.05) is 47.5 Å². The van der Waals surface area contributed by atoms with Gasteiger partial charge in [0.05, 0.1) is 27.7 Å². The van der Waals surface area contributed by atoms with E-state index in [0.717, 1.165) is 38.5 Å². The van der Waals surface area contributed by atoms with Gasteiger partial charge in [-0.1, -0.05) is 417 Å². The van der Waals surface area contributed by atoms with Crippen molar-refractivity contribution < 1.29 is 42.1 Å². The Morgan fingerprint density at radius 1 is 0.330 bits per heavy atom. The first-order valence-electron chi connectivity index (χ1n) is 42.0. The first-order chi connectivity index (χ1) is 46.0. The second-order valence-corrected chi connectivity index (χ2v) is 31.6. The Hall–Kier alpha value is -1.51. The summed E-state index contributed by atoms with van der Waals surface area (Å²) in [5.74, 6) is -0.804. The molecule has 0 fully saturated rings. The average Bonchev–Trinajstić information content (AvgIpc) is 1.56. The van der Waals surface area contributed by atoms with Gasteiger partial charge in [0.15, 0.2) is 6.10 Å². The maximum atomic E-state index is 12.9. The Morgan fingerprint density at radius 2 is 0.574 bits per heavy atom. The van der Waals surface area contributed by atoms with Crippen molar-refractivity contribution in [1.29, 1.82) is 0 Å². The van der Waals surface area contributed by atoms with E-state index in [1.165, 1.54) is 379 Å². The zero-order valence-corrected chi connectivity index (χ0v) is 64.9. The molecule has 0 aromatic rings. The molecule has 0 aliphatic carbocycles. The van der Waals surface area contributed by atoms with E-state index in [9.17, 15) is 19.0 Å². The fourth-order valence-corrected chi connectivity index (χ4v) is 13.8. The summed E-state index contributed by atoms with van der Waals surface area (Å²) >= 11 is 0. The number of carbonyl (C=O) groups is 2. The lowest BCUT2D eigenvalue weighted by Gasteiger charge is -2.28. The van der Waals surface area contributed by atoms with Crippen LogP contribution in [0.2, 0.25) is 0 Å². The fraction of sp³-hybridized carbons (Fsp3) is 0.929. The Balaban J connectivity index is 3.87. The normalized spacial score (nSPS) is 13.0. The number of carbonyl (C=O) groups excluding carboxylic acids is 2. The van der Waals surface area contributed by atoms with Crippen molar-refractivity contribution in [3.05, 3.63) is 24.3 Å². The molecule has 0 N–H and O–H groups in total. The van der Waals surface area contributed by atoms with Crippen LogP contribution in [0.1, 0.15) is 450 Å². The van der Waals surface area contributed by atoms with Gasteiger partial charge in [-0.3, -0.25) is 14.2 Å². The molecule has 94 heavy (non-hydrogen) atoms. The number of unbranched alkanes of at least 4 members (excludes halogenated alkanes) is 62. The molecule has 0 bridgehead atoms. The Morgan fingerprint density at radius 3 is 0.840 bits per heavy atom. The topological polar surface area (TPSA) is 111 Å². The number of nitrogens with zero attached hydrogens (tertiary/aromatic N) is 1. The molecule has 0 amide bonds. The third-order valence-electron chi connectivity index (χ3n) is 19.5. The Labute approximate surface area is 587 Å². The highest BCUT2D eigenvalue weighted by Crippen LogP contribution is 2.38. The van der Waals surface area contributed by atoms with Crippen molar-refractivity contribution >= 4 is 19.8 Å². The maximum Gasteiger partial charge on any atom is 0.306 e. The van der Waals surface area contributed by atoms with Crippen LogP contribution in [0.5, 0.6) is 0 Å². The first kappa shape index (κ1) is 92.5. The van der Waals surface area contributed by atoms with Gasteiger partial charge in [0.2, 0.25) is 0 Å². The molecule has 0 saturated carbocycles.